The quantitative estimate of drug-likeness (QED) is 0.508. The van der Waals surface area contributed by atoms with Gasteiger partial charge in [0.15, 0.2) is 0 Å². The minimum atomic E-state index is -0.833. The Morgan fingerprint density at radius 1 is 1.46 bits per heavy atom. The average Bonchev–Trinajstić information content (AvgIpc) is 2.03. The van der Waals surface area contributed by atoms with Crippen LogP contribution in [-0.4, -0.2) is 11.1 Å². The summed E-state index contributed by atoms with van der Waals surface area (Å²) in [5, 5.41) is 8.53. The Labute approximate surface area is 80.7 Å². The molecule has 2 heteroatoms. The molecule has 0 bridgehead atoms. The van der Waals surface area contributed by atoms with Crippen molar-refractivity contribution in [1.29, 1.82) is 0 Å². The predicted molar refractivity (Wildman–Crippen MR) is 54.7 cm³/mol. The number of allylic oxidation sites excluding steroid dienone is 1. The summed E-state index contributed by atoms with van der Waals surface area (Å²) in [5.41, 5.74) is 0.976. The van der Waals surface area contributed by atoms with Crippen molar-refractivity contribution in [2.45, 2.75) is 46.5 Å². The molecule has 1 N–H and O–H groups in total. The van der Waals surface area contributed by atoms with Gasteiger partial charge in [-0.15, -0.1) is 0 Å². The van der Waals surface area contributed by atoms with Crippen LogP contribution in [0.3, 0.4) is 0 Å². The van der Waals surface area contributed by atoms with Crippen molar-refractivity contribution < 1.29 is 9.90 Å². The van der Waals surface area contributed by atoms with Gasteiger partial charge in [0.25, 0.3) is 0 Å². The molecular formula is C11H20O2. The van der Waals surface area contributed by atoms with Crippen LogP contribution in [0.2, 0.25) is 0 Å². The molecule has 76 valence electrons. The lowest BCUT2D eigenvalue weighted by atomic mass is 9.96. The molecule has 0 heterocycles. The maximum Gasteiger partial charge on any atom is 0.328 e. The van der Waals surface area contributed by atoms with E-state index in [1.165, 1.54) is 25.3 Å². The number of rotatable bonds is 6. The van der Waals surface area contributed by atoms with Crippen molar-refractivity contribution in [1.82, 2.24) is 0 Å². The number of hydrogen-bond donors (Lipinski definition) is 1. The van der Waals surface area contributed by atoms with Gasteiger partial charge >= 0.3 is 5.97 Å². The second kappa shape index (κ2) is 6.70. The lowest BCUT2D eigenvalue weighted by molar-refractivity contribution is -0.131. The summed E-state index contributed by atoms with van der Waals surface area (Å²) in [6.07, 6.45) is 6.07. The number of carboxylic acid groups (broad SMARTS) is 1. The molecule has 0 aromatic carbocycles. The number of hydrogen-bond acceptors (Lipinski definition) is 1. The second-order valence-corrected chi connectivity index (χ2v) is 3.62. The molecule has 2 nitrogen and oxygen atoms in total. The summed E-state index contributed by atoms with van der Waals surface area (Å²) in [6.45, 7) is 6.15. The first kappa shape index (κ1) is 12.2. The molecule has 0 aromatic rings. The monoisotopic (exact) mass is 184 g/mol. The van der Waals surface area contributed by atoms with Crippen molar-refractivity contribution in [3.63, 3.8) is 0 Å². The van der Waals surface area contributed by atoms with Crippen LogP contribution in [0.15, 0.2) is 11.6 Å². The summed E-state index contributed by atoms with van der Waals surface area (Å²) in [7, 11) is 0. The summed E-state index contributed by atoms with van der Waals surface area (Å²) >= 11 is 0. The van der Waals surface area contributed by atoms with E-state index in [9.17, 15) is 4.79 Å². The zero-order chi connectivity index (χ0) is 10.3. The van der Waals surface area contributed by atoms with Crippen LogP contribution < -0.4 is 0 Å². The van der Waals surface area contributed by atoms with Crippen LogP contribution in [-0.2, 0) is 4.79 Å². The van der Waals surface area contributed by atoms with E-state index in [-0.39, 0.29) is 0 Å². The van der Waals surface area contributed by atoms with Gasteiger partial charge in [-0.05, 0) is 19.3 Å². The highest BCUT2D eigenvalue weighted by Crippen LogP contribution is 2.17. The SMILES string of the molecule is CCCCCC(C)/C(C)=C/C(=O)O. The highest BCUT2D eigenvalue weighted by molar-refractivity contribution is 5.80. The van der Waals surface area contributed by atoms with Crippen molar-refractivity contribution in [3.05, 3.63) is 11.6 Å². The normalized spacial score (nSPS) is 14.2. The van der Waals surface area contributed by atoms with Crippen LogP contribution in [0.5, 0.6) is 0 Å². The minimum Gasteiger partial charge on any atom is -0.478 e. The summed E-state index contributed by atoms with van der Waals surface area (Å²) in [4.78, 5) is 10.4. The molecule has 0 aliphatic heterocycles. The fourth-order valence-corrected chi connectivity index (χ4v) is 1.27. The van der Waals surface area contributed by atoms with Gasteiger partial charge in [0.05, 0.1) is 0 Å². The van der Waals surface area contributed by atoms with E-state index in [0.29, 0.717) is 5.92 Å². The summed E-state index contributed by atoms with van der Waals surface area (Å²) in [5.74, 6) is -0.428. The first-order chi connectivity index (χ1) is 6.07. The molecule has 0 fully saturated rings. The van der Waals surface area contributed by atoms with Crippen molar-refractivity contribution in [2.75, 3.05) is 0 Å². The Kier molecular flexibility index (Phi) is 6.29. The van der Waals surface area contributed by atoms with Gasteiger partial charge in [0, 0.05) is 6.08 Å². The Balaban J connectivity index is 3.82. The highest BCUT2D eigenvalue weighted by atomic mass is 16.4. The van der Waals surface area contributed by atoms with Crippen LogP contribution in [0.25, 0.3) is 0 Å². The third-order valence-corrected chi connectivity index (χ3v) is 2.37. The molecular weight excluding hydrogens is 164 g/mol. The molecule has 0 saturated heterocycles. The fraction of sp³-hybridized carbons (Fsp3) is 0.727. The average molecular weight is 184 g/mol. The molecule has 0 amide bonds. The summed E-state index contributed by atoms with van der Waals surface area (Å²) < 4.78 is 0. The third-order valence-electron chi connectivity index (χ3n) is 2.37. The van der Waals surface area contributed by atoms with E-state index in [1.807, 2.05) is 6.92 Å². The van der Waals surface area contributed by atoms with E-state index >= 15 is 0 Å². The first-order valence-electron chi connectivity index (χ1n) is 4.99. The molecule has 0 aliphatic rings. The predicted octanol–water partition coefficient (Wildman–Crippen LogP) is 3.23. The largest absolute Gasteiger partial charge is 0.478 e. The Bertz CT molecular complexity index is 183. The number of aliphatic carboxylic acids is 1. The van der Waals surface area contributed by atoms with Gasteiger partial charge in [0.2, 0.25) is 0 Å². The van der Waals surface area contributed by atoms with Crippen LogP contribution >= 0.6 is 0 Å². The molecule has 0 aromatic heterocycles. The minimum absolute atomic E-state index is 0.405. The lowest BCUT2D eigenvalue weighted by Gasteiger charge is -2.10. The molecule has 1 atom stereocenters. The Morgan fingerprint density at radius 2 is 2.08 bits per heavy atom. The lowest BCUT2D eigenvalue weighted by Crippen LogP contribution is -1.99. The molecule has 1 unspecified atom stereocenters. The number of carboxylic acids is 1. The third kappa shape index (κ3) is 6.38. The Morgan fingerprint density at radius 3 is 2.54 bits per heavy atom. The fourth-order valence-electron chi connectivity index (χ4n) is 1.27. The van der Waals surface area contributed by atoms with Crippen molar-refractivity contribution >= 4 is 5.97 Å². The molecule has 0 saturated carbocycles. The van der Waals surface area contributed by atoms with Gasteiger partial charge < -0.3 is 5.11 Å². The second-order valence-electron chi connectivity index (χ2n) is 3.62. The zero-order valence-electron chi connectivity index (χ0n) is 8.84. The molecule has 0 radical (unpaired) electrons. The molecule has 0 spiro atoms. The molecule has 0 rings (SSSR count). The van der Waals surface area contributed by atoms with Gasteiger partial charge in [-0.3, -0.25) is 0 Å². The van der Waals surface area contributed by atoms with Gasteiger partial charge in [-0.2, -0.15) is 0 Å². The first-order valence-corrected chi connectivity index (χ1v) is 4.99. The topological polar surface area (TPSA) is 37.3 Å². The van der Waals surface area contributed by atoms with Crippen LogP contribution in [0.1, 0.15) is 46.5 Å². The van der Waals surface area contributed by atoms with Crippen LogP contribution in [0.4, 0.5) is 0 Å². The number of unbranched alkanes of at least 4 members (excludes halogenated alkanes) is 2. The van der Waals surface area contributed by atoms with Crippen molar-refractivity contribution in [3.8, 4) is 0 Å². The zero-order valence-corrected chi connectivity index (χ0v) is 8.84. The molecule has 13 heavy (non-hydrogen) atoms. The Hall–Kier alpha value is -0.790. The maximum absolute atomic E-state index is 10.4. The van der Waals surface area contributed by atoms with Gasteiger partial charge in [-0.1, -0.05) is 38.7 Å². The van der Waals surface area contributed by atoms with E-state index in [0.717, 1.165) is 12.0 Å². The van der Waals surface area contributed by atoms with Crippen molar-refractivity contribution in [2.24, 2.45) is 5.92 Å². The maximum atomic E-state index is 10.4. The van der Waals surface area contributed by atoms with Gasteiger partial charge in [0.1, 0.15) is 0 Å². The van der Waals surface area contributed by atoms with Crippen LogP contribution in [0, 0.1) is 5.92 Å². The molecule has 0 aliphatic carbocycles. The smallest absolute Gasteiger partial charge is 0.328 e. The number of carbonyl (C=O) groups is 1. The summed E-state index contributed by atoms with van der Waals surface area (Å²) in [6, 6.07) is 0. The van der Waals surface area contributed by atoms with E-state index in [2.05, 4.69) is 13.8 Å². The van der Waals surface area contributed by atoms with E-state index in [4.69, 9.17) is 5.11 Å². The van der Waals surface area contributed by atoms with E-state index < -0.39 is 5.97 Å². The highest BCUT2D eigenvalue weighted by Gasteiger charge is 2.04. The standard InChI is InChI=1S/C11H20O2/c1-4-5-6-7-9(2)10(3)8-11(12)13/h8-9H,4-7H2,1-3H3,(H,12,13)/b10-8+. The van der Waals surface area contributed by atoms with Gasteiger partial charge in [-0.25, -0.2) is 4.79 Å². The van der Waals surface area contributed by atoms with E-state index in [1.54, 1.807) is 0 Å².